The van der Waals surface area contributed by atoms with E-state index >= 15 is 0 Å². The van der Waals surface area contributed by atoms with Crippen LogP contribution in [0.4, 0.5) is 4.39 Å². The number of piperidine rings is 1. The van der Waals surface area contributed by atoms with Crippen LogP contribution in [-0.4, -0.2) is 43.7 Å². The Morgan fingerprint density at radius 2 is 2.28 bits per heavy atom. The van der Waals surface area contributed by atoms with E-state index in [1.165, 1.54) is 18.9 Å². The molecule has 0 aliphatic carbocycles. The van der Waals surface area contributed by atoms with Crippen LogP contribution in [0.1, 0.15) is 24.3 Å². The van der Waals surface area contributed by atoms with Gasteiger partial charge in [0.25, 0.3) is 0 Å². The molecule has 1 aromatic heterocycles. The number of rotatable bonds is 6. The first-order valence-electron chi connectivity index (χ1n) is 8.76. The van der Waals surface area contributed by atoms with Crippen LogP contribution >= 0.6 is 0 Å². The van der Waals surface area contributed by atoms with Crippen LogP contribution in [0.3, 0.4) is 0 Å². The predicted molar refractivity (Wildman–Crippen MR) is 95.1 cm³/mol. The monoisotopic (exact) mass is 347 g/mol. The second-order valence-electron chi connectivity index (χ2n) is 6.78. The van der Waals surface area contributed by atoms with Crippen molar-refractivity contribution in [2.45, 2.75) is 26.3 Å². The summed E-state index contributed by atoms with van der Waals surface area (Å²) in [4.78, 5) is 6.79. The van der Waals surface area contributed by atoms with Crippen LogP contribution in [-0.2, 0) is 6.54 Å². The largest absolute Gasteiger partial charge is 0.497 e. The molecular weight excluding hydrogens is 321 g/mol. The minimum absolute atomic E-state index is 0.302. The molecule has 5 nitrogen and oxygen atoms in total. The highest BCUT2D eigenvalue weighted by Gasteiger charge is 2.19. The van der Waals surface area contributed by atoms with Crippen molar-refractivity contribution in [3.05, 3.63) is 35.5 Å². The quantitative estimate of drug-likeness (QED) is 0.869. The molecular formula is C19H26FN3O2. The molecule has 1 aliphatic rings. The minimum Gasteiger partial charge on any atom is -0.497 e. The molecule has 1 N–H and O–H groups in total. The molecule has 0 radical (unpaired) electrons. The van der Waals surface area contributed by atoms with Crippen molar-refractivity contribution in [2.75, 3.05) is 33.8 Å². The first kappa shape index (κ1) is 17.9. The van der Waals surface area contributed by atoms with E-state index in [1.807, 2.05) is 6.92 Å². The van der Waals surface area contributed by atoms with Crippen molar-refractivity contribution in [3.8, 4) is 17.2 Å². The summed E-state index contributed by atoms with van der Waals surface area (Å²) < 4.78 is 25.0. The lowest BCUT2D eigenvalue weighted by molar-refractivity contribution is 0.235. The topological polar surface area (TPSA) is 50.5 Å². The number of methoxy groups -OCH3 is 1. The van der Waals surface area contributed by atoms with E-state index in [0.29, 0.717) is 29.7 Å². The van der Waals surface area contributed by atoms with Gasteiger partial charge < -0.3 is 19.4 Å². The zero-order valence-electron chi connectivity index (χ0n) is 15.1. The average molecular weight is 347 g/mol. The van der Waals surface area contributed by atoms with Crippen molar-refractivity contribution in [1.82, 2.24) is 15.2 Å². The van der Waals surface area contributed by atoms with E-state index in [4.69, 9.17) is 9.15 Å². The number of nitrogens with one attached hydrogen (secondary N) is 1. The van der Waals surface area contributed by atoms with Gasteiger partial charge in [-0.25, -0.2) is 9.37 Å². The van der Waals surface area contributed by atoms with E-state index in [9.17, 15) is 4.39 Å². The van der Waals surface area contributed by atoms with Crippen LogP contribution in [0, 0.1) is 18.7 Å². The lowest BCUT2D eigenvalue weighted by atomic mass is 9.99. The normalized spacial score (nSPS) is 17.9. The highest BCUT2D eigenvalue weighted by molar-refractivity contribution is 5.57. The van der Waals surface area contributed by atoms with Crippen molar-refractivity contribution >= 4 is 0 Å². The number of hydrogen-bond donors (Lipinski definition) is 1. The first-order chi connectivity index (χ1) is 12.1. The van der Waals surface area contributed by atoms with Gasteiger partial charge in [-0.15, -0.1) is 0 Å². The van der Waals surface area contributed by atoms with Gasteiger partial charge in [-0.2, -0.15) is 0 Å². The summed E-state index contributed by atoms with van der Waals surface area (Å²) in [6.45, 7) is 5.78. The third kappa shape index (κ3) is 4.38. The Bertz CT molecular complexity index is 711. The molecule has 1 aliphatic heterocycles. The van der Waals surface area contributed by atoms with Gasteiger partial charge in [0, 0.05) is 13.1 Å². The summed E-state index contributed by atoms with van der Waals surface area (Å²) in [5, 5.41) is 3.44. The Kier molecular flexibility index (Phi) is 5.71. The SMILES string of the molecule is COc1ccc(F)c(-c2nc(CN(C)C[C@@H]3CCCNC3)c(C)o2)c1. The van der Waals surface area contributed by atoms with E-state index in [1.54, 1.807) is 19.2 Å². The molecule has 0 saturated carbocycles. The Morgan fingerprint density at radius 1 is 1.44 bits per heavy atom. The summed E-state index contributed by atoms with van der Waals surface area (Å²) in [7, 11) is 3.65. The lowest BCUT2D eigenvalue weighted by Crippen LogP contribution is -2.36. The van der Waals surface area contributed by atoms with Crippen LogP contribution < -0.4 is 10.1 Å². The molecule has 2 heterocycles. The van der Waals surface area contributed by atoms with Gasteiger partial charge in [0.1, 0.15) is 17.3 Å². The van der Waals surface area contributed by atoms with Crippen molar-refractivity contribution in [3.63, 3.8) is 0 Å². The molecule has 136 valence electrons. The predicted octanol–water partition coefficient (Wildman–Crippen LogP) is 3.23. The molecule has 0 unspecified atom stereocenters. The number of benzene rings is 1. The summed E-state index contributed by atoms with van der Waals surface area (Å²) in [6, 6.07) is 4.57. The van der Waals surface area contributed by atoms with Crippen LogP contribution in [0.25, 0.3) is 11.5 Å². The van der Waals surface area contributed by atoms with Gasteiger partial charge in [0.05, 0.1) is 18.4 Å². The Labute approximate surface area is 148 Å². The number of aryl methyl sites for hydroxylation is 1. The van der Waals surface area contributed by atoms with Crippen LogP contribution in [0.15, 0.2) is 22.6 Å². The molecule has 0 amide bonds. The fraction of sp³-hybridized carbons (Fsp3) is 0.526. The molecule has 2 aromatic rings. The standard InChI is InChI=1S/C19H26FN3O2/c1-13-18(12-23(2)11-14-5-4-8-21-10-14)22-19(25-13)16-9-15(24-3)6-7-17(16)20/h6-7,9,14,21H,4-5,8,10-12H2,1-3H3/t14-/m1/s1. The first-order valence-corrected chi connectivity index (χ1v) is 8.76. The van der Waals surface area contributed by atoms with Crippen LogP contribution in [0.5, 0.6) is 5.75 Å². The van der Waals surface area contributed by atoms with Gasteiger partial charge in [0.15, 0.2) is 0 Å². The summed E-state index contributed by atoms with van der Waals surface area (Å²) in [6.07, 6.45) is 2.50. The Hall–Kier alpha value is -1.92. The molecule has 25 heavy (non-hydrogen) atoms. The Morgan fingerprint density at radius 3 is 3.00 bits per heavy atom. The zero-order valence-corrected chi connectivity index (χ0v) is 15.1. The van der Waals surface area contributed by atoms with Crippen molar-refractivity contribution in [1.29, 1.82) is 0 Å². The fourth-order valence-corrected chi connectivity index (χ4v) is 3.33. The van der Waals surface area contributed by atoms with E-state index in [0.717, 1.165) is 31.1 Å². The van der Waals surface area contributed by atoms with Crippen molar-refractivity contribution < 1.29 is 13.5 Å². The smallest absolute Gasteiger partial charge is 0.229 e. The second kappa shape index (κ2) is 7.97. The molecule has 3 rings (SSSR count). The maximum Gasteiger partial charge on any atom is 0.229 e. The molecule has 1 fully saturated rings. The molecule has 0 spiro atoms. The lowest BCUT2D eigenvalue weighted by Gasteiger charge is -2.27. The number of oxazole rings is 1. The number of hydrogen-bond acceptors (Lipinski definition) is 5. The molecule has 1 aromatic carbocycles. The second-order valence-corrected chi connectivity index (χ2v) is 6.78. The molecule has 1 atom stereocenters. The van der Waals surface area contributed by atoms with Gasteiger partial charge in [0.2, 0.25) is 5.89 Å². The van der Waals surface area contributed by atoms with E-state index in [2.05, 4.69) is 22.2 Å². The maximum absolute atomic E-state index is 14.1. The number of halogens is 1. The number of nitrogens with zero attached hydrogens (tertiary/aromatic N) is 2. The highest BCUT2D eigenvalue weighted by atomic mass is 19.1. The van der Waals surface area contributed by atoms with Gasteiger partial charge in [-0.05, 0) is 64.0 Å². The van der Waals surface area contributed by atoms with Crippen LogP contribution in [0.2, 0.25) is 0 Å². The number of ether oxygens (including phenoxy) is 1. The van der Waals surface area contributed by atoms with Gasteiger partial charge in [-0.1, -0.05) is 0 Å². The molecule has 0 bridgehead atoms. The molecule has 6 heteroatoms. The Balaban J connectivity index is 1.71. The number of aromatic nitrogens is 1. The summed E-state index contributed by atoms with van der Waals surface area (Å²) in [5.74, 6) is 1.91. The molecule has 1 saturated heterocycles. The summed E-state index contributed by atoms with van der Waals surface area (Å²) in [5.41, 5.74) is 1.18. The van der Waals surface area contributed by atoms with Gasteiger partial charge >= 0.3 is 0 Å². The fourth-order valence-electron chi connectivity index (χ4n) is 3.33. The van der Waals surface area contributed by atoms with Gasteiger partial charge in [-0.3, -0.25) is 0 Å². The zero-order chi connectivity index (χ0) is 17.8. The minimum atomic E-state index is -0.366. The third-order valence-electron chi connectivity index (χ3n) is 4.69. The third-order valence-corrected chi connectivity index (χ3v) is 4.69. The van der Waals surface area contributed by atoms with Crippen molar-refractivity contribution in [2.24, 2.45) is 5.92 Å². The van der Waals surface area contributed by atoms with E-state index < -0.39 is 0 Å². The highest BCUT2D eigenvalue weighted by Crippen LogP contribution is 2.28. The average Bonchev–Trinajstić information content (AvgIpc) is 2.96. The summed E-state index contributed by atoms with van der Waals surface area (Å²) >= 11 is 0. The van der Waals surface area contributed by atoms with E-state index in [-0.39, 0.29) is 5.82 Å². The maximum atomic E-state index is 14.1.